The van der Waals surface area contributed by atoms with Gasteiger partial charge in [0.25, 0.3) is 0 Å². The van der Waals surface area contributed by atoms with Crippen LogP contribution < -0.4 is 0 Å². The summed E-state index contributed by atoms with van der Waals surface area (Å²) in [5.41, 5.74) is -2.63. The third-order valence-corrected chi connectivity index (χ3v) is 11.3. The fourth-order valence-corrected chi connectivity index (χ4v) is 8.48. The van der Waals surface area contributed by atoms with E-state index in [2.05, 4.69) is 41.5 Å². The van der Waals surface area contributed by atoms with Crippen LogP contribution in [0.5, 0.6) is 0 Å². The Morgan fingerprint density at radius 2 is 1.67 bits per heavy atom. The van der Waals surface area contributed by atoms with Crippen LogP contribution in [0.4, 0.5) is 13.2 Å². The minimum absolute atomic E-state index is 0.0265. The zero-order valence-electron chi connectivity index (χ0n) is 24.0. The van der Waals surface area contributed by atoms with E-state index in [1.165, 1.54) is 25.7 Å². The molecule has 5 heteroatoms. The molecule has 3 fully saturated rings. The second kappa shape index (κ2) is 11.4. The molecule has 3 aliphatic carbocycles. The number of aliphatic hydroxyl groups is 2. The van der Waals surface area contributed by atoms with Gasteiger partial charge in [-0.15, -0.1) is 0 Å². The lowest BCUT2D eigenvalue weighted by Crippen LogP contribution is -2.57. The van der Waals surface area contributed by atoms with E-state index in [9.17, 15) is 23.4 Å². The van der Waals surface area contributed by atoms with Crippen molar-refractivity contribution in [1.82, 2.24) is 0 Å². The number of alkyl halides is 3. The number of fused-ring (bicyclic) bond motifs is 1. The second-order valence-corrected chi connectivity index (χ2v) is 14.5. The molecule has 0 aromatic rings. The molecule has 0 saturated heterocycles. The van der Waals surface area contributed by atoms with Crippen LogP contribution in [0, 0.1) is 46.3 Å². The first-order valence-corrected chi connectivity index (χ1v) is 15.1. The molecule has 0 radical (unpaired) electrons. The highest BCUT2D eigenvalue weighted by Gasteiger charge is 2.62. The highest BCUT2D eigenvalue weighted by atomic mass is 19.4. The van der Waals surface area contributed by atoms with Crippen LogP contribution in [-0.4, -0.2) is 28.1 Å². The van der Waals surface area contributed by atoms with Crippen LogP contribution in [0.15, 0.2) is 0 Å². The number of halogens is 3. The van der Waals surface area contributed by atoms with Gasteiger partial charge in [-0.25, -0.2) is 0 Å². The first-order chi connectivity index (χ1) is 16.6. The van der Waals surface area contributed by atoms with Crippen LogP contribution in [0.25, 0.3) is 0 Å². The lowest BCUT2D eigenvalue weighted by molar-refractivity contribution is -0.288. The molecular weight excluding hydrogens is 461 g/mol. The summed E-state index contributed by atoms with van der Waals surface area (Å²) >= 11 is 0. The van der Waals surface area contributed by atoms with Crippen molar-refractivity contribution in [3.05, 3.63) is 0 Å². The number of hydrogen-bond acceptors (Lipinski definition) is 2. The highest BCUT2D eigenvalue weighted by molar-refractivity contribution is 5.06. The topological polar surface area (TPSA) is 40.5 Å². The van der Waals surface area contributed by atoms with E-state index in [-0.39, 0.29) is 35.7 Å². The molecule has 0 heterocycles. The molecule has 212 valence electrons. The second-order valence-electron chi connectivity index (χ2n) is 14.5. The van der Waals surface area contributed by atoms with Gasteiger partial charge in [0, 0.05) is 0 Å². The van der Waals surface area contributed by atoms with Crippen LogP contribution in [-0.2, 0) is 0 Å². The molecule has 0 bridgehead atoms. The van der Waals surface area contributed by atoms with Crippen molar-refractivity contribution in [2.75, 3.05) is 0 Å². The van der Waals surface area contributed by atoms with Gasteiger partial charge in [0.15, 0.2) is 5.60 Å². The van der Waals surface area contributed by atoms with Gasteiger partial charge in [0.2, 0.25) is 0 Å². The molecule has 0 aromatic heterocycles. The van der Waals surface area contributed by atoms with Crippen molar-refractivity contribution in [1.29, 1.82) is 0 Å². The average molecular weight is 517 g/mol. The first-order valence-electron chi connectivity index (χ1n) is 15.1. The van der Waals surface area contributed by atoms with Gasteiger partial charge in [-0.05, 0) is 111 Å². The largest absolute Gasteiger partial charge is 0.417 e. The molecule has 0 aliphatic heterocycles. The maximum absolute atomic E-state index is 13.7. The summed E-state index contributed by atoms with van der Waals surface area (Å²) in [5.74, 6) is 3.17. The number of aliphatic hydroxyl groups excluding tert-OH is 1. The first kappa shape index (κ1) is 30.3. The van der Waals surface area contributed by atoms with Gasteiger partial charge in [-0.3, -0.25) is 0 Å². The SMILES string of the molecule is CCCC[C@H]1[C@H]([C@@H]2CC[C@H]([C@H](C)CCC[C@@H](O)C(C)(C)C)C2)CC[C@H]2C[C@](O)(C(F)(F)F)CC[C@@]21C. The molecule has 9 atom stereocenters. The summed E-state index contributed by atoms with van der Waals surface area (Å²) in [7, 11) is 0. The Morgan fingerprint density at radius 3 is 2.28 bits per heavy atom. The highest BCUT2D eigenvalue weighted by Crippen LogP contribution is 2.63. The van der Waals surface area contributed by atoms with E-state index in [1.807, 2.05) is 0 Å². The minimum Gasteiger partial charge on any atom is -0.393 e. The minimum atomic E-state index is -4.53. The van der Waals surface area contributed by atoms with Crippen molar-refractivity contribution < 1.29 is 23.4 Å². The molecule has 36 heavy (non-hydrogen) atoms. The Kier molecular flexibility index (Phi) is 9.62. The maximum Gasteiger partial charge on any atom is 0.417 e. The molecule has 0 aromatic carbocycles. The molecule has 0 unspecified atom stereocenters. The van der Waals surface area contributed by atoms with Gasteiger partial charge >= 0.3 is 6.18 Å². The molecule has 0 spiro atoms. The predicted molar refractivity (Wildman–Crippen MR) is 141 cm³/mol. The van der Waals surface area contributed by atoms with E-state index >= 15 is 0 Å². The van der Waals surface area contributed by atoms with Crippen LogP contribution in [0.1, 0.15) is 131 Å². The Balaban J connectivity index is 1.63. The summed E-state index contributed by atoms with van der Waals surface area (Å²) < 4.78 is 41.0. The summed E-state index contributed by atoms with van der Waals surface area (Å²) in [4.78, 5) is 0. The molecule has 3 rings (SSSR count). The van der Waals surface area contributed by atoms with Crippen molar-refractivity contribution in [3.63, 3.8) is 0 Å². The molecule has 0 amide bonds. The third kappa shape index (κ3) is 6.46. The summed E-state index contributed by atoms with van der Waals surface area (Å²) in [6.45, 7) is 13.2. The molecular formula is C31H55F3O2. The van der Waals surface area contributed by atoms with E-state index in [0.717, 1.165) is 50.9 Å². The smallest absolute Gasteiger partial charge is 0.393 e. The fourth-order valence-electron chi connectivity index (χ4n) is 8.48. The van der Waals surface area contributed by atoms with Gasteiger partial charge in [0.1, 0.15) is 0 Å². The molecule has 3 aliphatic rings. The number of unbranched alkanes of at least 4 members (excludes halogenated alkanes) is 1. The lowest BCUT2D eigenvalue weighted by atomic mass is 9.48. The van der Waals surface area contributed by atoms with E-state index in [1.54, 1.807) is 0 Å². The van der Waals surface area contributed by atoms with Gasteiger partial charge in [-0.1, -0.05) is 67.2 Å². The average Bonchev–Trinajstić information content (AvgIpc) is 3.26. The Hall–Kier alpha value is -0.290. The van der Waals surface area contributed by atoms with Crippen LogP contribution in [0.3, 0.4) is 0 Å². The summed E-state index contributed by atoms with van der Waals surface area (Å²) in [6.07, 6.45) is 7.68. The van der Waals surface area contributed by atoms with Crippen molar-refractivity contribution in [2.24, 2.45) is 46.3 Å². The summed E-state index contributed by atoms with van der Waals surface area (Å²) in [6, 6.07) is 0. The van der Waals surface area contributed by atoms with Crippen molar-refractivity contribution in [3.8, 4) is 0 Å². The van der Waals surface area contributed by atoms with E-state index in [0.29, 0.717) is 30.1 Å². The lowest BCUT2D eigenvalue weighted by Gasteiger charge is -2.58. The quantitative estimate of drug-likeness (QED) is 0.321. The summed E-state index contributed by atoms with van der Waals surface area (Å²) in [5, 5.41) is 20.9. The van der Waals surface area contributed by atoms with Gasteiger partial charge in [0.05, 0.1) is 6.10 Å². The fraction of sp³-hybridized carbons (Fsp3) is 1.00. The van der Waals surface area contributed by atoms with Crippen LogP contribution >= 0.6 is 0 Å². The van der Waals surface area contributed by atoms with E-state index < -0.39 is 11.8 Å². The van der Waals surface area contributed by atoms with E-state index in [4.69, 9.17) is 0 Å². The Morgan fingerprint density at radius 1 is 0.972 bits per heavy atom. The van der Waals surface area contributed by atoms with Crippen molar-refractivity contribution in [2.45, 2.75) is 149 Å². The number of hydrogen-bond donors (Lipinski definition) is 2. The van der Waals surface area contributed by atoms with Crippen LogP contribution in [0.2, 0.25) is 0 Å². The standard InChI is InChI=1S/C31H55F3O2/c1-7-8-11-26-25(16-15-24-20-30(36,31(32,33)34)18-17-29(24,26)6)23-14-13-22(19-23)21(2)10-9-12-27(35)28(3,4)5/h21-27,35-36H,7-20H2,1-6H3/t21-,22+,23-,24+,25+,26+,27-,29+,30+/m1/s1. The monoisotopic (exact) mass is 516 g/mol. The normalized spacial score (nSPS) is 39.6. The zero-order chi connectivity index (χ0) is 26.9. The molecule has 2 N–H and O–H groups in total. The van der Waals surface area contributed by atoms with Gasteiger partial charge < -0.3 is 10.2 Å². The van der Waals surface area contributed by atoms with Crippen molar-refractivity contribution >= 4 is 0 Å². The third-order valence-electron chi connectivity index (χ3n) is 11.3. The predicted octanol–water partition coefficient (Wildman–Crippen LogP) is 8.93. The maximum atomic E-state index is 13.7. The number of rotatable bonds is 9. The Bertz CT molecular complexity index is 701. The molecule has 2 nitrogen and oxygen atoms in total. The Labute approximate surface area is 219 Å². The van der Waals surface area contributed by atoms with Gasteiger partial charge in [-0.2, -0.15) is 13.2 Å². The zero-order valence-corrected chi connectivity index (χ0v) is 24.0. The molecule has 3 saturated carbocycles.